The minimum Gasteiger partial charge on any atom is -0.396 e. The molecular weight excluding hydrogens is 220 g/mol. The third-order valence-corrected chi connectivity index (χ3v) is 3.22. The Morgan fingerprint density at radius 2 is 2.47 bits per heavy atom. The highest BCUT2D eigenvalue weighted by molar-refractivity contribution is 5.60. The van der Waals surface area contributed by atoms with Crippen LogP contribution in [-0.2, 0) is 0 Å². The summed E-state index contributed by atoms with van der Waals surface area (Å²) in [7, 11) is 0. The van der Waals surface area contributed by atoms with Crippen LogP contribution in [-0.4, -0.2) is 34.8 Å². The van der Waals surface area contributed by atoms with Gasteiger partial charge in [0.1, 0.15) is 5.69 Å². The number of hydrogen-bond donors (Lipinski definition) is 3. The van der Waals surface area contributed by atoms with E-state index in [0.29, 0.717) is 11.7 Å². The third kappa shape index (κ3) is 2.58. The molecular formula is C11H18N4O2. The van der Waals surface area contributed by atoms with E-state index in [2.05, 4.69) is 9.97 Å². The molecule has 0 radical (unpaired) electrons. The number of nitrogens with one attached hydrogen (secondary N) is 1. The van der Waals surface area contributed by atoms with Crippen molar-refractivity contribution in [1.29, 1.82) is 0 Å². The number of aromatic amines is 1. The van der Waals surface area contributed by atoms with Crippen LogP contribution in [0.5, 0.6) is 0 Å². The molecule has 94 valence electrons. The summed E-state index contributed by atoms with van der Waals surface area (Å²) in [6.07, 6.45) is 4.32. The Morgan fingerprint density at radius 3 is 3.24 bits per heavy atom. The van der Waals surface area contributed by atoms with E-state index in [1.165, 1.54) is 6.33 Å². The maximum Gasteiger partial charge on any atom is 0.276 e. The Kier molecular flexibility index (Phi) is 3.63. The third-order valence-electron chi connectivity index (χ3n) is 3.22. The minimum atomic E-state index is -0.292. The van der Waals surface area contributed by atoms with Crippen LogP contribution >= 0.6 is 0 Å². The lowest BCUT2D eigenvalue weighted by atomic mass is 9.95. The van der Waals surface area contributed by atoms with Crippen LogP contribution in [0, 0.1) is 5.92 Å². The first-order valence-corrected chi connectivity index (χ1v) is 5.91. The Morgan fingerprint density at radius 1 is 1.65 bits per heavy atom. The Labute approximate surface area is 99.5 Å². The molecule has 1 aliphatic heterocycles. The molecule has 0 saturated carbocycles. The van der Waals surface area contributed by atoms with Gasteiger partial charge in [-0.2, -0.15) is 0 Å². The second-order valence-corrected chi connectivity index (χ2v) is 4.44. The van der Waals surface area contributed by atoms with Gasteiger partial charge in [-0.15, -0.1) is 0 Å². The molecule has 0 aliphatic carbocycles. The number of aliphatic hydroxyl groups excluding tert-OH is 1. The lowest BCUT2D eigenvalue weighted by molar-refractivity contribution is 0.244. The number of anilines is 2. The molecule has 1 fully saturated rings. The van der Waals surface area contributed by atoms with Crippen molar-refractivity contribution in [3.63, 3.8) is 0 Å². The molecule has 6 nitrogen and oxygen atoms in total. The number of piperidine rings is 1. The summed E-state index contributed by atoms with van der Waals surface area (Å²) in [5.41, 5.74) is 5.62. The fourth-order valence-corrected chi connectivity index (χ4v) is 2.33. The van der Waals surface area contributed by atoms with Gasteiger partial charge in [0, 0.05) is 19.7 Å². The largest absolute Gasteiger partial charge is 0.396 e. The van der Waals surface area contributed by atoms with E-state index in [0.717, 1.165) is 32.4 Å². The summed E-state index contributed by atoms with van der Waals surface area (Å²) in [5, 5.41) is 8.96. The molecule has 4 N–H and O–H groups in total. The van der Waals surface area contributed by atoms with E-state index in [4.69, 9.17) is 10.8 Å². The number of nitrogen functional groups attached to an aromatic ring is 1. The van der Waals surface area contributed by atoms with Crippen LogP contribution in [0.4, 0.5) is 11.5 Å². The maximum absolute atomic E-state index is 11.4. The molecule has 17 heavy (non-hydrogen) atoms. The van der Waals surface area contributed by atoms with Crippen molar-refractivity contribution >= 4 is 11.5 Å². The molecule has 1 aromatic rings. The summed E-state index contributed by atoms with van der Waals surface area (Å²) in [4.78, 5) is 20.0. The SMILES string of the molecule is Nc1c(N2CCCC(CCO)C2)nc[nH]c1=O. The predicted molar refractivity (Wildman–Crippen MR) is 65.9 cm³/mol. The molecule has 0 amide bonds. The standard InChI is InChI=1S/C11H18N4O2/c12-9-10(13-7-14-11(9)17)15-4-1-2-8(6-15)3-5-16/h7-8,16H,1-6,12H2,(H,13,14,17). The van der Waals surface area contributed by atoms with Gasteiger partial charge in [-0.3, -0.25) is 4.79 Å². The smallest absolute Gasteiger partial charge is 0.276 e. The molecule has 2 heterocycles. The highest BCUT2D eigenvalue weighted by atomic mass is 16.3. The second kappa shape index (κ2) is 5.18. The van der Waals surface area contributed by atoms with Crippen molar-refractivity contribution in [2.24, 2.45) is 5.92 Å². The van der Waals surface area contributed by atoms with Gasteiger partial charge in [0.25, 0.3) is 5.56 Å². The molecule has 0 aromatic carbocycles. The van der Waals surface area contributed by atoms with Gasteiger partial charge in [-0.05, 0) is 25.2 Å². The average molecular weight is 238 g/mol. The van der Waals surface area contributed by atoms with Gasteiger partial charge >= 0.3 is 0 Å². The molecule has 0 spiro atoms. The van der Waals surface area contributed by atoms with E-state index in [1.807, 2.05) is 4.90 Å². The average Bonchev–Trinajstić information content (AvgIpc) is 2.33. The molecule has 1 unspecified atom stereocenters. The van der Waals surface area contributed by atoms with E-state index >= 15 is 0 Å². The van der Waals surface area contributed by atoms with E-state index in [1.54, 1.807) is 0 Å². The van der Waals surface area contributed by atoms with Crippen LogP contribution < -0.4 is 16.2 Å². The fraction of sp³-hybridized carbons (Fsp3) is 0.636. The molecule has 6 heteroatoms. The van der Waals surface area contributed by atoms with Crippen LogP contribution in [0.1, 0.15) is 19.3 Å². The zero-order valence-corrected chi connectivity index (χ0v) is 9.72. The van der Waals surface area contributed by atoms with Crippen molar-refractivity contribution in [2.75, 3.05) is 30.3 Å². The maximum atomic E-state index is 11.4. The van der Waals surface area contributed by atoms with Crippen molar-refractivity contribution in [3.05, 3.63) is 16.7 Å². The van der Waals surface area contributed by atoms with Gasteiger partial charge in [-0.25, -0.2) is 4.98 Å². The summed E-state index contributed by atoms with van der Waals surface area (Å²) < 4.78 is 0. The van der Waals surface area contributed by atoms with Crippen molar-refractivity contribution < 1.29 is 5.11 Å². The number of nitrogens with two attached hydrogens (primary N) is 1. The predicted octanol–water partition coefficient (Wildman–Crippen LogP) is -0.0491. The van der Waals surface area contributed by atoms with Crippen molar-refractivity contribution in [1.82, 2.24) is 9.97 Å². The minimum absolute atomic E-state index is 0.178. The number of aromatic nitrogens is 2. The Bertz CT molecular complexity index is 430. The van der Waals surface area contributed by atoms with Gasteiger partial charge < -0.3 is 20.7 Å². The normalized spacial score (nSPS) is 20.5. The number of rotatable bonds is 3. The quantitative estimate of drug-likeness (QED) is 0.686. The van der Waals surface area contributed by atoms with Crippen molar-refractivity contribution in [3.8, 4) is 0 Å². The highest BCUT2D eigenvalue weighted by Crippen LogP contribution is 2.25. The van der Waals surface area contributed by atoms with Gasteiger partial charge in [-0.1, -0.05) is 0 Å². The molecule has 0 bridgehead atoms. The van der Waals surface area contributed by atoms with E-state index < -0.39 is 0 Å². The summed E-state index contributed by atoms with van der Waals surface area (Å²) >= 11 is 0. The molecule has 1 aliphatic rings. The number of H-pyrrole nitrogens is 1. The van der Waals surface area contributed by atoms with Gasteiger partial charge in [0.2, 0.25) is 0 Å². The lowest BCUT2D eigenvalue weighted by Crippen LogP contribution is -2.37. The first-order chi connectivity index (χ1) is 8.22. The topological polar surface area (TPSA) is 95.2 Å². The Hall–Kier alpha value is -1.56. The molecule has 1 atom stereocenters. The Balaban J connectivity index is 2.16. The van der Waals surface area contributed by atoms with E-state index in [-0.39, 0.29) is 17.9 Å². The number of nitrogens with zero attached hydrogens (tertiary/aromatic N) is 2. The highest BCUT2D eigenvalue weighted by Gasteiger charge is 2.22. The van der Waals surface area contributed by atoms with Crippen LogP contribution in [0.3, 0.4) is 0 Å². The lowest BCUT2D eigenvalue weighted by Gasteiger charge is -2.33. The fourth-order valence-electron chi connectivity index (χ4n) is 2.33. The zero-order chi connectivity index (χ0) is 12.3. The monoisotopic (exact) mass is 238 g/mol. The van der Waals surface area contributed by atoms with Crippen LogP contribution in [0.2, 0.25) is 0 Å². The van der Waals surface area contributed by atoms with Crippen LogP contribution in [0.15, 0.2) is 11.1 Å². The van der Waals surface area contributed by atoms with E-state index in [9.17, 15) is 4.79 Å². The first-order valence-electron chi connectivity index (χ1n) is 5.91. The first kappa shape index (κ1) is 11.9. The number of aliphatic hydroxyl groups is 1. The zero-order valence-electron chi connectivity index (χ0n) is 9.72. The molecule has 1 aromatic heterocycles. The molecule has 1 saturated heterocycles. The summed E-state index contributed by atoms with van der Waals surface area (Å²) in [5.74, 6) is 1.02. The molecule has 2 rings (SSSR count). The van der Waals surface area contributed by atoms with Crippen molar-refractivity contribution in [2.45, 2.75) is 19.3 Å². The van der Waals surface area contributed by atoms with Gasteiger partial charge in [0.05, 0.1) is 6.33 Å². The summed E-state index contributed by atoms with van der Waals surface area (Å²) in [6, 6.07) is 0. The summed E-state index contributed by atoms with van der Waals surface area (Å²) in [6.45, 7) is 1.88. The van der Waals surface area contributed by atoms with Gasteiger partial charge in [0.15, 0.2) is 5.82 Å². The second-order valence-electron chi connectivity index (χ2n) is 4.44. The van der Waals surface area contributed by atoms with Crippen LogP contribution in [0.25, 0.3) is 0 Å². The number of hydrogen-bond acceptors (Lipinski definition) is 5.